The topological polar surface area (TPSA) is 55.8 Å². The van der Waals surface area contributed by atoms with Crippen molar-refractivity contribution in [1.29, 1.82) is 0 Å². The molecule has 1 unspecified atom stereocenters. The van der Waals surface area contributed by atoms with E-state index in [1.54, 1.807) is 18.5 Å². The molecule has 2 aromatic rings. The summed E-state index contributed by atoms with van der Waals surface area (Å²) < 4.78 is 40.2. The van der Waals surface area contributed by atoms with Crippen LogP contribution in [0.1, 0.15) is 43.7 Å². The summed E-state index contributed by atoms with van der Waals surface area (Å²) in [5.74, 6) is 2.05. The number of ether oxygens (including phenoxy) is 2. The van der Waals surface area contributed by atoms with Gasteiger partial charge >= 0.3 is 0 Å². The molecular formula is C26H35NO4S. The van der Waals surface area contributed by atoms with Gasteiger partial charge in [-0.15, -0.1) is 6.58 Å². The van der Waals surface area contributed by atoms with Crippen LogP contribution in [-0.2, 0) is 23.1 Å². The third kappa shape index (κ3) is 6.36. The van der Waals surface area contributed by atoms with Crippen LogP contribution in [0, 0.1) is 11.8 Å². The van der Waals surface area contributed by atoms with Gasteiger partial charge in [-0.3, -0.25) is 0 Å². The third-order valence-electron chi connectivity index (χ3n) is 6.21. The summed E-state index contributed by atoms with van der Waals surface area (Å²) >= 11 is 0. The van der Waals surface area contributed by atoms with Gasteiger partial charge in [-0.05, 0) is 60.1 Å². The Morgan fingerprint density at radius 2 is 1.44 bits per heavy atom. The first kappa shape index (κ1) is 24.3. The van der Waals surface area contributed by atoms with Gasteiger partial charge in [0.25, 0.3) is 0 Å². The normalized spacial score (nSPS) is 15.9. The average molecular weight is 458 g/mol. The molecule has 0 radical (unpaired) electrons. The number of sulfonamides is 1. The largest absolute Gasteiger partial charge is 0.497 e. The van der Waals surface area contributed by atoms with E-state index in [1.807, 2.05) is 61.5 Å². The number of benzene rings is 2. The monoisotopic (exact) mass is 457 g/mol. The number of nitrogens with zero attached hydrogens (tertiary/aromatic N) is 1. The maximum absolute atomic E-state index is 14.0. The maximum Gasteiger partial charge on any atom is 0.217 e. The molecule has 0 heterocycles. The lowest BCUT2D eigenvalue weighted by Crippen LogP contribution is -2.41. The molecule has 174 valence electrons. The first-order chi connectivity index (χ1) is 15.4. The molecule has 0 aromatic heterocycles. The van der Waals surface area contributed by atoms with Crippen molar-refractivity contribution in [2.45, 2.75) is 50.9 Å². The molecule has 2 atom stereocenters. The van der Waals surface area contributed by atoms with Crippen molar-refractivity contribution in [3.8, 4) is 11.5 Å². The van der Waals surface area contributed by atoms with Gasteiger partial charge in [0.05, 0.1) is 19.5 Å². The fraction of sp³-hybridized carbons (Fsp3) is 0.462. The van der Waals surface area contributed by atoms with E-state index in [1.165, 1.54) is 0 Å². The van der Waals surface area contributed by atoms with Crippen molar-refractivity contribution in [3.05, 3.63) is 72.3 Å². The van der Waals surface area contributed by atoms with E-state index in [4.69, 9.17) is 9.47 Å². The highest BCUT2D eigenvalue weighted by Crippen LogP contribution is 2.39. The van der Waals surface area contributed by atoms with Gasteiger partial charge < -0.3 is 9.47 Å². The maximum atomic E-state index is 14.0. The summed E-state index contributed by atoms with van der Waals surface area (Å²) in [4.78, 5) is 0. The second-order valence-corrected chi connectivity index (χ2v) is 10.9. The van der Waals surface area contributed by atoms with Gasteiger partial charge in [0, 0.05) is 13.1 Å². The molecule has 1 aliphatic carbocycles. The standard InChI is InChI=1S/C26H35NO4S/c1-5-6-20(2)26(17-21-7-8-21)32(28,29)27(18-22-9-13-24(30-3)14-10-22)19-23-11-15-25(31-4)16-12-23/h5,9-16,20-21,26H,1,6-8,17-19H2,2-4H3/t20?,26-/m0/s1. The van der Waals surface area contributed by atoms with Crippen molar-refractivity contribution in [3.63, 3.8) is 0 Å². The van der Waals surface area contributed by atoms with E-state index in [0.29, 0.717) is 25.4 Å². The number of rotatable bonds is 13. The quantitative estimate of drug-likeness (QED) is 0.377. The summed E-state index contributed by atoms with van der Waals surface area (Å²) in [6, 6.07) is 15.2. The molecule has 0 spiro atoms. The zero-order valence-corrected chi connectivity index (χ0v) is 20.2. The van der Waals surface area contributed by atoms with Crippen molar-refractivity contribution in [2.24, 2.45) is 11.8 Å². The molecule has 0 saturated heterocycles. The summed E-state index contributed by atoms with van der Waals surface area (Å²) in [5.41, 5.74) is 1.87. The summed E-state index contributed by atoms with van der Waals surface area (Å²) in [5, 5.41) is -0.413. The van der Waals surface area contributed by atoms with Gasteiger partial charge in [0.15, 0.2) is 0 Å². The molecule has 1 saturated carbocycles. The van der Waals surface area contributed by atoms with Gasteiger partial charge in [-0.2, -0.15) is 4.31 Å². The van der Waals surface area contributed by atoms with Crippen LogP contribution in [0.25, 0.3) is 0 Å². The average Bonchev–Trinajstić information content (AvgIpc) is 3.62. The van der Waals surface area contributed by atoms with Gasteiger partial charge in [-0.25, -0.2) is 8.42 Å². The Morgan fingerprint density at radius 1 is 0.969 bits per heavy atom. The van der Waals surface area contributed by atoms with Crippen LogP contribution in [0.3, 0.4) is 0 Å². The Kier molecular flexibility index (Phi) is 8.38. The minimum atomic E-state index is -3.54. The molecule has 3 rings (SSSR count). The highest BCUT2D eigenvalue weighted by molar-refractivity contribution is 7.89. The van der Waals surface area contributed by atoms with Crippen LogP contribution in [0.2, 0.25) is 0 Å². The zero-order valence-electron chi connectivity index (χ0n) is 19.4. The van der Waals surface area contributed by atoms with E-state index < -0.39 is 15.3 Å². The molecule has 6 heteroatoms. The van der Waals surface area contributed by atoms with Crippen molar-refractivity contribution >= 4 is 10.0 Å². The van der Waals surface area contributed by atoms with E-state index >= 15 is 0 Å². The molecule has 0 aliphatic heterocycles. The Morgan fingerprint density at radius 3 is 1.81 bits per heavy atom. The van der Waals surface area contributed by atoms with E-state index in [0.717, 1.165) is 41.9 Å². The molecule has 0 amide bonds. The van der Waals surface area contributed by atoms with Gasteiger partial charge in [-0.1, -0.05) is 50.1 Å². The molecule has 1 aliphatic rings. The fourth-order valence-electron chi connectivity index (χ4n) is 4.04. The van der Waals surface area contributed by atoms with Crippen molar-refractivity contribution in [2.75, 3.05) is 14.2 Å². The van der Waals surface area contributed by atoms with E-state index in [-0.39, 0.29) is 5.92 Å². The summed E-state index contributed by atoms with van der Waals surface area (Å²) in [6.07, 6.45) is 5.50. The molecule has 0 N–H and O–H groups in total. The van der Waals surface area contributed by atoms with E-state index in [9.17, 15) is 8.42 Å². The molecule has 5 nitrogen and oxygen atoms in total. The Balaban J connectivity index is 1.92. The highest BCUT2D eigenvalue weighted by Gasteiger charge is 2.39. The van der Waals surface area contributed by atoms with Gasteiger partial charge in [0.2, 0.25) is 10.0 Å². The minimum Gasteiger partial charge on any atom is -0.497 e. The highest BCUT2D eigenvalue weighted by atomic mass is 32.2. The third-order valence-corrected chi connectivity index (χ3v) is 8.61. The van der Waals surface area contributed by atoms with Crippen LogP contribution in [-0.4, -0.2) is 32.2 Å². The van der Waals surface area contributed by atoms with Crippen LogP contribution < -0.4 is 9.47 Å². The summed E-state index contributed by atoms with van der Waals surface area (Å²) in [7, 11) is -0.297. The first-order valence-corrected chi connectivity index (χ1v) is 12.7. The predicted octanol–water partition coefficient (Wildman–Crippen LogP) is 5.42. The minimum absolute atomic E-state index is 0.0207. The number of hydrogen-bond acceptors (Lipinski definition) is 4. The molecule has 1 fully saturated rings. The second-order valence-electron chi connectivity index (χ2n) is 8.73. The lowest BCUT2D eigenvalue weighted by Gasteiger charge is -2.31. The smallest absolute Gasteiger partial charge is 0.217 e. The Hall–Kier alpha value is -2.31. The molecule has 32 heavy (non-hydrogen) atoms. The van der Waals surface area contributed by atoms with Crippen molar-refractivity contribution in [1.82, 2.24) is 4.31 Å². The second kappa shape index (κ2) is 11.0. The Labute approximate surface area is 193 Å². The van der Waals surface area contributed by atoms with E-state index in [2.05, 4.69) is 6.58 Å². The van der Waals surface area contributed by atoms with Crippen LogP contribution in [0.15, 0.2) is 61.2 Å². The van der Waals surface area contributed by atoms with Crippen LogP contribution >= 0.6 is 0 Å². The molecule has 2 aromatic carbocycles. The first-order valence-electron chi connectivity index (χ1n) is 11.2. The number of methoxy groups -OCH3 is 2. The summed E-state index contributed by atoms with van der Waals surface area (Å²) in [6.45, 7) is 6.51. The zero-order chi connectivity index (χ0) is 23.1. The van der Waals surface area contributed by atoms with Crippen LogP contribution in [0.5, 0.6) is 11.5 Å². The Bertz CT molecular complexity index is 916. The SMILES string of the molecule is C=CCC(C)[C@H](CC1CC1)S(=O)(=O)N(Cc1ccc(OC)cc1)Cc1ccc(OC)cc1. The lowest BCUT2D eigenvalue weighted by molar-refractivity contribution is 0.370. The number of allylic oxidation sites excluding steroid dienone is 1. The van der Waals surface area contributed by atoms with Gasteiger partial charge in [0.1, 0.15) is 11.5 Å². The molecular weight excluding hydrogens is 422 g/mol. The van der Waals surface area contributed by atoms with Crippen LogP contribution in [0.4, 0.5) is 0 Å². The number of hydrogen-bond donors (Lipinski definition) is 0. The molecule has 0 bridgehead atoms. The fourth-order valence-corrected chi connectivity index (χ4v) is 6.30. The van der Waals surface area contributed by atoms with Crippen molar-refractivity contribution < 1.29 is 17.9 Å². The lowest BCUT2D eigenvalue weighted by atomic mass is 9.99. The predicted molar refractivity (Wildman–Crippen MR) is 129 cm³/mol.